The molecule has 0 aromatic heterocycles. The van der Waals surface area contributed by atoms with Crippen LogP contribution in [0.15, 0.2) is 54.6 Å². The summed E-state index contributed by atoms with van der Waals surface area (Å²) in [6.07, 6.45) is 1.79. The number of rotatable bonds is 9. The van der Waals surface area contributed by atoms with Crippen molar-refractivity contribution >= 4 is 17.6 Å². The quantitative estimate of drug-likeness (QED) is 0.430. The van der Waals surface area contributed by atoms with Gasteiger partial charge in [-0.3, -0.25) is 9.59 Å². The number of esters is 1. The third kappa shape index (κ3) is 7.63. The van der Waals surface area contributed by atoms with Crippen LogP contribution in [0, 0.1) is 0 Å². The Bertz CT molecular complexity index is 668. The summed E-state index contributed by atoms with van der Waals surface area (Å²) in [5.74, 6) is 0.0278. The van der Waals surface area contributed by atoms with Gasteiger partial charge < -0.3 is 14.8 Å². The van der Waals surface area contributed by atoms with Crippen molar-refractivity contribution in [3.8, 4) is 5.75 Å². The molecule has 0 fully saturated rings. The van der Waals surface area contributed by atoms with Gasteiger partial charge in [0.05, 0.1) is 6.61 Å². The lowest BCUT2D eigenvalue weighted by Gasteiger charge is -2.07. The highest BCUT2D eigenvalue weighted by atomic mass is 16.5. The number of amides is 1. The molecule has 0 unspecified atom stereocenters. The number of hydrogen-bond acceptors (Lipinski definition) is 4. The predicted octanol–water partition coefficient (Wildman–Crippen LogP) is 3.59. The zero-order chi connectivity index (χ0) is 17.9. The van der Waals surface area contributed by atoms with E-state index in [9.17, 15) is 9.59 Å². The Morgan fingerprint density at radius 2 is 1.68 bits per heavy atom. The summed E-state index contributed by atoms with van der Waals surface area (Å²) in [6, 6.07) is 16.8. The van der Waals surface area contributed by atoms with E-state index in [4.69, 9.17) is 9.47 Å². The van der Waals surface area contributed by atoms with E-state index >= 15 is 0 Å². The summed E-state index contributed by atoms with van der Waals surface area (Å²) < 4.78 is 10.8. The largest absolute Gasteiger partial charge is 0.427 e. The smallest absolute Gasteiger partial charge is 0.311 e. The first-order valence-electron chi connectivity index (χ1n) is 8.33. The van der Waals surface area contributed by atoms with Crippen LogP contribution in [0.2, 0.25) is 0 Å². The third-order valence-corrected chi connectivity index (χ3v) is 3.45. The van der Waals surface area contributed by atoms with Gasteiger partial charge in [-0.05, 0) is 42.7 Å². The zero-order valence-corrected chi connectivity index (χ0v) is 14.4. The molecule has 0 heterocycles. The van der Waals surface area contributed by atoms with Crippen LogP contribution < -0.4 is 10.1 Å². The minimum absolute atomic E-state index is 0.142. The summed E-state index contributed by atoms with van der Waals surface area (Å²) in [4.78, 5) is 22.7. The predicted molar refractivity (Wildman–Crippen MR) is 96.6 cm³/mol. The molecule has 2 aromatic rings. The van der Waals surface area contributed by atoms with Crippen molar-refractivity contribution in [2.75, 3.05) is 18.5 Å². The first kappa shape index (κ1) is 18.7. The second-order valence-corrected chi connectivity index (χ2v) is 5.63. The summed E-state index contributed by atoms with van der Waals surface area (Å²) in [5, 5.41) is 2.65. The maximum atomic E-state index is 11.8. The van der Waals surface area contributed by atoms with Gasteiger partial charge in [-0.25, -0.2) is 0 Å². The van der Waals surface area contributed by atoms with Gasteiger partial charge in [0.25, 0.3) is 0 Å². The molecular formula is C20H23NO4. The van der Waals surface area contributed by atoms with E-state index in [1.165, 1.54) is 12.5 Å². The maximum absolute atomic E-state index is 11.8. The van der Waals surface area contributed by atoms with Crippen LogP contribution in [0.5, 0.6) is 5.75 Å². The van der Waals surface area contributed by atoms with Gasteiger partial charge in [-0.15, -0.1) is 0 Å². The van der Waals surface area contributed by atoms with Crippen LogP contribution in [-0.2, 0) is 20.7 Å². The Hall–Kier alpha value is -2.66. The van der Waals surface area contributed by atoms with Gasteiger partial charge in [-0.1, -0.05) is 30.3 Å². The average Bonchev–Trinajstić information content (AvgIpc) is 2.60. The maximum Gasteiger partial charge on any atom is 0.311 e. The molecule has 5 nitrogen and oxygen atoms in total. The Labute approximate surface area is 148 Å². The highest BCUT2D eigenvalue weighted by molar-refractivity contribution is 5.88. The number of ether oxygens (including phenoxy) is 2. The van der Waals surface area contributed by atoms with E-state index in [2.05, 4.69) is 17.4 Å². The summed E-state index contributed by atoms with van der Waals surface area (Å²) in [7, 11) is 0. The van der Waals surface area contributed by atoms with E-state index in [0.717, 1.165) is 6.42 Å². The van der Waals surface area contributed by atoms with Crippen molar-refractivity contribution < 1.29 is 19.1 Å². The number of carbonyl (C=O) groups excluding carboxylic acids is 2. The Balaban J connectivity index is 1.58. The van der Waals surface area contributed by atoms with Crippen LogP contribution in [0.1, 0.15) is 25.3 Å². The molecule has 0 aliphatic rings. The van der Waals surface area contributed by atoms with Crippen molar-refractivity contribution in [1.29, 1.82) is 0 Å². The number of nitrogens with one attached hydrogen (secondary N) is 1. The minimum Gasteiger partial charge on any atom is -0.427 e. The van der Waals surface area contributed by atoms with Crippen molar-refractivity contribution in [3.63, 3.8) is 0 Å². The summed E-state index contributed by atoms with van der Waals surface area (Å²) in [5.41, 5.74) is 1.91. The van der Waals surface area contributed by atoms with Crippen molar-refractivity contribution in [1.82, 2.24) is 0 Å². The molecule has 1 amide bonds. The molecule has 0 aliphatic heterocycles. The molecule has 1 N–H and O–H groups in total. The first-order valence-corrected chi connectivity index (χ1v) is 8.33. The van der Waals surface area contributed by atoms with Gasteiger partial charge in [0.15, 0.2) is 0 Å². The number of hydrogen-bond donors (Lipinski definition) is 1. The van der Waals surface area contributed by atoms with Gasteiger partial charge in [0, 0.05) is 25.6 Å². The average molecular weight is 341 g/mol. The molecule has 5 heteroatoms. The van der Waals surface area contributed by atoms with Crippen LogP contribution in [0.3, 0.4) is 0 Å². The molecule has 0 spiro atoms. The fourth-order valence-corrected chi connectivity index (χ4v) is 2.25. The van der Waals surface area contributed by atoms with Gasteiger partial charge in [0.1, 0.15) is 5.75 Å². The van der Waals surface area contributed by atoms with Crippen LogP contribution in [-0.4, -0.2) is 25.1 Å². The zero-order valence-electron chi connectivity index (χ0n) is 14.4. The summed E-state index contributed by atoms with van der Waals surface area (Å²) in [6.45, 7) is 2.61. The molecule has 2 rings (SSSR count). The highest BCUT2D eigenvalue weighted by Gasteiger charge is 2.05. The van der Waals surface area contributed by atoms with Crippen LogP contribution >= 0.6 is 0 Å². The molecule has 132 valence electrons. The van der Waals surface area contributed by atoms with E-state index in [0.29, 0.717) is 37.5 Å². The molecule has 0 saturated heterocycles. The lowest BCUT2D eigenvalue weighted by molar-refractivity contribution is -0.134. The number of carbonyl (C=O) groups is 2. The van der Waals surface area contributed by atoms with E-state index < -0.39 is 0 Å². The minimum atomic E-state index is -0.293. The van der Waals surface area contributed by atoms with Crippen LogP contribution in [0.4, 0.5) is 5.69 Å². The third-order valence-electron chi connectivity index (χ3n) is 3.45. The van der Waals surface area contributed by atoms with Crippen molar-refractivity contribution in [2.24, 2.45) is 0 Å². The van der Waals surface area contributed by atoms with Crippen molar-refractivity contribution in [3.05, 3.63) is 60.2 Å². The number of anilines is 1. The second kappa shape index (κ2) is 10.3. The molecule has 0 saturated carbocycles. The summed E-state index contributed by atoms with van der Waals surface area (Å²) >= 11 is 0. The standard InChI is InChI=1S/C20H23NO4/c1-16(22)21-18-9-11-19(12-10-18)25-20(23)8-5-14-24-15-13-17-6-3-2-4-7-17/h2-4,6-7,9-12H,5,8,13-15H2,1H3,(H,21,22). The SMILES string of the molecule is CC(=O)Nc1ccc(OC(=O)CCCOCCc2ccccc2)cc1. The van der Waals surface area contributed by atoms with E-state index in [1.54, 1.807) is 24.3 Å². The van der Waals surface area contributed by atoms with Crippen molar-refractivity contribution in [2.45, 2.75) is 26.2 Å². The van der Waals surface area contributed by atoms with Crippen LogP contribution in [0.25, 0.3) is 0 Å². The van der Waals surface area contributed by atoms with Gasteiger partial charge in [-0.2, -0.15) is 0 Å². The fourth-order valence-electron chi connectivity index (χ4n) is 2.25. The molecule has 0 radical (unpaired) electrons. The Kier molecular flexibility index (Phi) is 7.66. The molecular weight excluding hydrogens is 318 g/mol. The topological polar surface area (TPSA) is 64.6 Å². The fraction of sp³-hybridized carbons (Fsp3) is 0.300. The molecule has 0 bridgehead atoms. The van der Waals surface area contributed by atoms with Gasteiger partial charge >= 0.3 is 5.97 Å². The molecule has 2 aromatic carbocycles. The Morgan fingerprint density at radius 1 is 0.960 bits per heavy atom. The molecule has 0 atom stereocenters. The molecule has 0 aliphatic carbocycles. The normalized spacial score (nSPS) is 10.3. The van der Waals surface area contributed by atoms with E-state index in [-0.39, 0.29) is 11.9 Å². The lowest BCUT2D eigenvalue weighted by Crippen LogP contribution is -2.10. The second-order valence-electron chi connectivity index (χ2n) is 5.63. The lowest BCUT2D eigenvalue weighted by atomic mass is 10.2. The monoisotopic (exact) mass is 341 g/mol. The Morgan fingerprint density at radius 3 is 2.36 bits per heavy atom. The highest BCUT2D eigenvalue weighted by Crippen LogP contribution is 2.16. The van der Waals surface area contributed by atoms with Gasteiger partial charge in [0.2, 0.25) is 5.91 Å². The van der Waals surface area contributed by atoms with E-state index in [1.807, 2.05) is 18.2 Å². The molecule has 25 heavy (non-hydrogen) atoms. The number of benzene rings is 2. The first-order chi connectivity index (χ1) is 12.1.